The van der Waals surface area contributed by atoms with Crippen molar-refractivity contribution in [3.8, 4) is 0 Å². The Morgan fingerprint density at radius 3 is 2.50 bits per heavy atom. The Morgan fingerprint density at radius 1 is 1.29 bits per heavy atom. The molecule has 0 saturated heterocycles. The lowest BCUT2D eigenvalue weighted by atomic mass is 9.84. The molecule has 0 bridgehead atoms. The largest absolute Gasteiger partial charge is 0.330 e. The molecule has 0 amide bonds. The van der Waals surface area contributed by atoms with Gasteiger partial charge in [0, 0.05) is 6.04 Å². The molecule has 0 aromatic heterocycles. The van der Waals surface area contributed by atoms with Gasteiger partial charge in [-0.3, -0.25) is 0 Å². The van der Waals surface area contributed by atoms with Gasteiger partial charge in [0.25, 0.3) is 0 Å². The SMILES string of the molecule is CC(C)(CCN)CCCNC1CCC1. The standard InChI is InChI=1S/C12H26N2/c1-12(2,8-9-13)7-4-10-14-11-5-3-6-11/h11,14H,3-10,13H2,1-2H3. The van der Waals surface area contributed by atoms with Crippen molar-refractivity contribution in [2.24, 2.45) is 11.1 Å². The van der Waals surface area contributed by atoms with E-state index in [4.69, 9.17) is 5.73 Å². The molecule has 84 valence electrons. The summed E-state index contributed by atoms with van der Waals surface area (Å²) in [5.74, 6) is 0. The van der Waals surface area contributed by atoms with Crippen LogP contribution in [-0.4, -0.2) is 19.1 Å². The summed E-state index contributed by atoms with van der Waals surface area (Å²) >= 11 is 0. The maximum atomic E-state index is 5.58. The van der Waals surface area contributed by atoms with Gasteiger partial charge in [0.15, 0.2) is 0 Å². The summed E-state index contributed by atoms with van der Waals surface area (Å²) in [6, 6.07) is 0.840. The van der Waals surface area contributed by atoms with Gasteiger partial charge >= 0.3 is 0 Å². The van der Waals surface area contributed by atoms with Gasteiger partial charge in [0.05, 0.1) is 0 Å². The Morgan fingerprint density at radius 2 is 2.00 bits per heavy atom. The second kappa shape index (κ2) is 5.72. The zero-order chi connectivity index (χ0) is 10.4. The quantitative estimate of drug-likeness (QED) is 0.616. The van der Waals surface area contributed by atoms with Crippen LogP contribution in [0.5, 0.6) is 0 Å². The number of nitrogens with one attached hydrogen (secondary N) is 1. The van der Waals surface area contributed by atoms with Crippen molar-refractivity contribution in [2.45, 2.75) is 58.4 Å². The van der Waals surface area contributed by atoms with E-state index in [1.54, 1.807) is 0 Å². The first kappa shape index (κ1) is 12.0. The summed E-state index contributed by atoms with van der Waals surface area (Å²) in [4.78, 5) is 0. The molecule has 1 rings (SSSR count). The van der Waals surface area contributed by atoms with Crippen molar-refractivity contribution in [2.75, 3.05) is 13.1 Å². The van der Waals surface area contributed by atoms with Crippen molar-refractivity contribution >= 4 is 0 Å². The van der Waals surface area contributed by atoms with Crippen LogP contribution in [0, 0.1) is 5.41 Å². The van der Waals surface area contributed by atoms with Gasteiger partial charge in [-0.25, -0.2) is 0 Å². The summed E-state index contributed by atoms with van der Waals surface area (Å²) in [6.07, 6.45) is 7.96. The average Bonchev–Trinajstić information content (AvgIpc) is 2.00. The minimum Gasteiger partial charge on any atom is -0.330 e. The highest BCUT2D eigenvalue weighted by Crippen LogP contribution is 2.25. The molecule has 0 aliphatic heterocycles. The highest BCUT2D eigenvalue weighted by atomic mass is 14.9. The maximum Gasteiger partial charge on any atom is 0.00670 e. The summed E-state index contributed by atoms with van der Waals surface area (Å²) in [5.41, 5.74) is 6.02. The summed E-state index contributed by atoms with van der Waals surface area (Å²) in [7, 11) is 0. The molecule has 0 spiro atoms. The zero-order valence-corrected chi connectivity index (χ0v) is 9.81. The van der Waals surface area contributed by atoms with Gasteiger partial charge in [0.2, 0.25) is 0 Å². The van der Waals surface area contributed by atoms with E-state index < -0.39 is 0 Å². The molecule has 3 N–H and O–H groups in total. The Kier molecular flexibility index (Phi) is 4.90. The Labute approximate surface area is 88.6 Å². The molecule has 14 heavy (non-hydrogen) atoms. The van der Waals surface area contributed by atoms with Crippen molar-refractivity contribution in [3.63, 3.8) is 0 Å². The van der Waals surface area contributed by atoms with Crippen molar-refractivity contribution in [3.05, 3.63) is 0 Å². The fourth-order valence-corrected chi connectivity index (χ4v) is 2.00. The molecule has 1 saturated carbocycles. The first-order valence-corrected chi connectivity index (χ1v) is 6.07. The minimum atomic E-state index is 0.441. The molecule has 0 aromatic carbocycles. The van der Waals surface area contributed by atoms with Crippen molar-refractivity contribution < 1.29 is 0 Å². The molecule has 0 unspecified atom stereocenters. The van der Waals surface area contributed by atoms with Crippen LogP contribution in [0.2, 0.25) is 0 Å². The first-order valence-electron chi connectivity index (χ1n) is 6.07. The number of rotatable bonds is 7. The molecule has 0 aromatic rings. The molecule has 1 aliphatic carbocycles. The van der Waals surface area contributed by atoms with Gasteiger partial charge in [-0.05, 0) is 50.6 Å². The van der Waals surface area contributed by atoms with Crippen LogP contribution in [-0.2, 0) is 0 Å². The molecular weight excluding hydrogens is 172 g/mol. The molecule has 0 radical (unpaired) electrons. The van der Waals surface area contributed by atoms with Gasteiger partial charge < -0.3 is 11.1 Å². The van der Waals surface area contributed by atoms with E-state index in [0.29, 0.717) is 5.41 Å². The smallest absolute Gasteiger partial charge is 0.00670 e. The first-order chi connectivity index (χ1) is 6.64. The van der Waals surface area contributed by atoms with Crippen LogP contribution in [0.3, 0.4) is 0 Å². The predicted octanol–water partition coefficient (Wildman–Crippen LogP) is 2.28. The van der Waals surface area contributed by atoms with E-state index in [1.165, 1.54) is 38.6 Å². The van der Waals surface area contributed by atoms with E-state index in [2.05, 4.69) is 19.2 Å². The molecular formula is C12H26N2. The minimum absolute atomic E-state index is 0.441. The van der Waals surface area contributed by atoms with Crippen LogP contribution in [0.4, 0.5) is 0 Å². The Hall–Kier alpha value is -0.0800. The molecule has 1 aliphatic rings. The molecule has 1 fully saturated rings. The highest BCUT2D eigenvalue weighted by molar-refractivity contribution is 4.76. The second-order valence-electron chi connectivity index (χ2n) is 5.39. The molecule has 0 heterocycles. The summed E-state index contributed by atoms with van der Waals surface area (Å²) in [5, 5.41) is 3.60. The maximum absolute atomic E-state index is 5.58. The lowest BCUT2D eigenvalue weighted by Gasteiger charge is -2.28. The van der Waals surface area contributed by atoms with E-state index in [0.717, 1.165) is 19.0 Å². The number of nitrogens with two attached hydrogens (primary N) is 1. The topological polar surface area (TPSA) is 38.0 Å². The highest BCUT2D eigenvalue weighted by Gasteiger charge is 2.18. The Bertz CT molecular complexity index is 150. The lowest BCUT2D eigenvalue weighted by molar-refractivity contribution is 0.286. The van der Waals surface area contributed by atoms with E-state index in [9.17, 15) is 0 Å². The van der Waals surface area contributed by atoms with Gasteiger partial charge in [-0.2, -0.15) is 0 Å². The molecule has 0 atom stereocenters. The number of hydrogen-bond acceptors (Lipinski definition) is 2. The lowest BCUT2D eigenvalue weighted by Crippen LogP contribution is -2.36. The number of hydrogen-bond donors (Lipinski definition) is 2. The van der Waals surface area contributed by atoms with E-state index in [-0.39, 0.29) is 0 Å². The normalized spacial score (nSPS) is 18.2. The zero-order valence-electron chi connectivity index (χ0n) is 9.81. The average molecular weight is 198 g/mol. The fraction of sp³-hybridized carbons (Fsp3) is 1.00. The summed E-state index contributed by atoms with van der Waals surface area (Å²) in [6.45, 7) is 6.66. The molecule has 2 heteroatoms. The van der Waals surface area contributed by atoms with Crippen molar-refractivity contribution in [1.82, 2.24) is 5.32 Å². The second-order valence-corrected chi connectivity index (χ2v) is 5.39. The van der Waals surface area contributed by atoms with Crippen LogP contribution < -0.4 is 11.1 Å². The van der Waals surface area contributed by atoms with Gasteiger partial charge in [0.1, 0.15) is 0 Å². The van der Waals surface area contributed by atoms with E-state index in [1.807, 2.05) is 0 Å². The molecule has 2 nitrogen and oxygen atoms in total. The van der Waals surface area contributed by atoms with Crippen molar-refractivity contribution in [1.29, 1.82) is 0 Å². The predicted molar refractivity (Wildman–Crippen MR) is 62.3 cm³/mol. The fourth-order valence-electron chi connectivity index (χ4n) is 2.00. The Balaban J connectivity index is 1.96. The third-order valence-corrected chi connectivity index (χ3v) is 3.39. The van der Waals surface area contributed by atoms with Crippen LogP contribution >= 0.6 is 0 Å². The monoisotopic (exact) mass is 198 g/mol. The van der Waals surface area contributed by atoms with Gasteiger partial charge in [-0.1, -0.05) is 20.3 Å². The third kappa shape index (κ3) is 4.43. The third-order valence-electron chi connectivity index (χ3n) is 3.39. The van der Waals surface area contributed by atoms with Gasteiger partial charge in [-0.15, -0.1) is 0 Å². The van der Waals surface area contributed by atoms with E-state index >= 15 is 0 Å². The van der Waals surface area contributed by atoms with Crippen LogP contribution in [0.25, 0.3) is 0 Å². The van der Waals surface area contributed by atoms with Crippen LogP contribution in [0.1, 0.15) is 52.4 Å². The van der Waals surface area contributed by atoms with Crippen LogP contribution in [0.15, 0.2) is 0 Å². The summed E-state index contributed by atoms with van der Waals surface area (Å²) < 4.78 is 0.